The van der Waals surface area contributed by atoms with E-state index in [-0.39, 0.29) is 37.3 Å². The first-order valence-electron chi connectivity index (χ1n) is 12.0. The lowest BCUT2D eigenvalue weighted by Gasteiger charge is -2.32. The molecule has 7 nitrogen and oxygen atoms in total. The number of piperidine rings is 1. The number of carbonyl (C=O) groups excluding carboxylic acids is 2. The van der Waals surface area contributed by atoms with Crippen molar-refractivity contribution in [1.29, 1.82) is 0 Å². The number of nitrogens with zero attached hydrogens (tertiary/aromatic N) is 1. The summed E-state index contributed by atoms with van der Waals surface area (Å²) in [6, 6.07) is 15.9. The average Bonchev–Trinajstić information content (AvgIpc) is 3.16. The van der Waals surface area contributed by atoms with Gasteiger partial charge in [-0.25, -0.2) is 4.79 Å². The van der Waals surface area contributed by atoms with E-state index in [9.17, 15) is 19.5 Å². The molecule has 2 aliphatic rings. The minimum Gasteiger partial charge on any atom is -0.481 e. The number of fused-ring (bicyclic) bond motifs is 3. The second-order valence-corrected chi connectivity index (χ2v) is 9.54. The molecule has 0 radical (unpaired) electrons. The molecule has 34 heavy (non-hydrogen) atoms. The maximum absolute atomic E-state index is 12.8. The van der Waals surface area contributed by atoms with E-state index in [4.69, 9.17) is 4.74 Å². The van der Waals surface area contributed by atoms with E-state index in [2.05, 4.69) is 29.6 Å². The van der Waals surface area contributed by atoms with Gasteiger partial charge in [0.2, 0.25) is 5.91 Å². The number of carboxylic acid groups (broad SMARTS) is 1. The van der Waals surface area contributed by atoms with Crippen LogP contribution in [0.2, 0.25) is 0 Å². The summed E-state index contributed by atoms with van der Waals surface area (Å²) in [5, 5.41) is 12.2. The van der Waals surface area contributed by atoms with Crippen molar-refractivity contribution in [3.05, 3.63) is 59.7 Å². The quantitative estimate of drug-likeness (QED) is 0.638. The number of hydrogen-bond donors (Lipinski definition) is 2. The van der Waals surface area contributed by atoms with Crippen LogP contribution < -0.4 is 5.32 Å². The number of amides is 2. The van der Waals surface area contributed by atoms with Crippen molar-refractivity contribution >= 4 is 18.0 Å². The van der Waals surface area contributed by atoms with Gasteiger partial charge in [-0.1, -0.05) is 62.4 Å². The molecule has 1 aliphatic heterocycles. The predicted molar refractivity (Wildman–Crippen MR) is 128 cm³/mol. The van der Waals surface area contributed by atoms with Gasteiger partial charge in [0.1, 0.15) is 6.61 Å². The lowest BCUT2D eigenvalue weighted by Crippen LogP contribution is -2.47. The molecule has 0 spiro atoms. The summed E-state index contributed by atoms with van der Waals surface area (Å²) < 4.78 is 5.64. The molecule has 180 valence electrons. The van der Waals surface area contributed by atoms with Crippen LogP contribution in [0.25, 0.3) is 11.1 Å². The third kappa shape index (κ3) is 5.08. The van der Waals surface area contributed by atoms with Crippen molar-refractivity contribution in [2.75, 3.05) is 19.7 Å². The zero-order valence-corrected chi connectivity index (χ0v) is 19.7. The number of likely N-dealkylation sites (tertiary alicyclic amines) is 1. The van der Waals surface area contributed by atoms with Crippen LogP contribution in [0.15, 0.2) is 48.5 Å². The zero-order chi connectivity index (χ0) is 24.2. The highest BCUT2D eigenvalue weighted by molar-refractivity contribution is 5.80. The Labute approximate surface area is 200 Å². The maximum atomic E-state index is 12.8. The third-order valence-electron chi connectivity index (χ3n) is 6.97. The normalized spacial score (nSPS) is 18.2. The Kier molecular flexibility index (Phi) is 7.20. The summed E-state index contributed by atoms with van der Waals surface area (Å²) in [4.78, 5) is 38.5. The fourth-order valence-electron chi connectivity index (χ4n) is 4.97. The van der Waals surface area contributed by atoms with Crippen molar-refractivity contribution < 1.29 is 24.2 Å². The molecule has 2 N–H and O–H groups in total. The second-order valence-electron chi connectivity index (χ2n) is 9.54. The number of carboxylic acids is 1. The molecule has 2 atom stereocenters. The number of benzene rings is 2. The van der Waals surface area contributed by atoms with Crippen LogP contribution in [-0.2, 0) is 14.3 Å². The number of aliphatic carboxylic acids is 1. The Morgan fingerprint density at radius 2 is 1.68 bits per heavy atom. The predicted octanol–water partition coefficient (Wildman–Crippen LogP) is 4.26. The van der Waals surface area contributed by atoms with Crippen molar-refractivity contribution in [2.24, 2.45) is 11.8 Å². The molecule has 1 heterocycles. The minimum absolute atomic E-state index is 0.0180. The Hall–Kier alpha value is -3.35. The fourth-order valence-corrected chi connectivity index (χ4v) is 4.97. The maximum Gasteiger partial charge on any atom is 0.407 e. The molecule has 1 aliphatic carbocycles. The van der Waals surface area contributed by atoms with E-state index >= 15 is 0 Å². The minimum atomic E-state index is -0.866. The molecule has 2 aromatic rings. The van der Waals surface area contributed by atoms with Gasteiger partial charge in [-0.15, -0.1) is 0 Å². The number of nitrogens with one attached hydrogen (secondary N) is 1. The van der Waals surface area contributed by atoms with Gasteiger partial charge < -0.3 is 20.1 Å². The van der Waals surface area contributed by atoms with E-state index in [0.29, 0.717) is 19.4 Å². The standard InChI is InChI=1S/C27H32N2O5/c1-17(2)24(14-25(30)29-13-7-8-18(15-29)26(31)32)28-27(33)34-16-23-21-11-5-3-9-19(21)20-10-4-6-12-22(20)23/h3-6,9-12,17-18,23-24H,7-8,13-16H2,1-2H3,(H,28,33)(H,31,32)/t18-,24-/m0/s1. The van der Waals surface area contributed by atoms with Crippen LogP contribution in [0, 0.1) is 11.8 Å². The van der Waals surface area contributed by atoms with Gasteiger partial charge in [0, 0.05) is 31.5 Å². The van der Waals surface area contributed by atoms with Gasteiger partial charge in [-0.2, -0.15) is 0 Å². The fraction of sp³-hybridized carbons (Fsp3) is 0.444. The van der Waals surface area contributed by atoms with Crippen LogP contribution >= 0.6 is 0 Å². The lowest BCUT2D eigenvalue weighted by molar-refractivity contribution is -0.145. The molecule has 2 amide bonds. The Morgan fingerprint density at radius 1 is 1.06 bits per heavy atom. The highest BCUT2D eigenvalue weighted by atomic mass is 16.5. The number of carbonyl (C=O) groups is 3. The summed E-state index contributed by atoms with van der Waals surface area (Å²) >= 11 is 0. The first kappa shape index (κ1) is 23.8. The van der Waals surface area contributed by atoms with E-state index in [1.54, 1.807) is 4.90 Å². The van der Waals surface area contributed by atoms with Crippen molar-refractivity contribution in [2.45, 2.75) is 45.1 Å². The topological polar surface area (TPSA) is 95.9 Å². The first-order valence-corrected chi connectivity index (χ1v) is 12.0. The van der Waals surface area contributed by atoms with E-state index in [1.807, 2.05) is 38.1 Å². The molecule has 7 heteroatoms. The molecule has 0 bridgehead atoms. The van der Waals surface area contributed by atoms with Gasteiger partial charge in [-0.05, 0) is 41.0 Å². The van der Waals surface area contributed by atoms with Gasteiger partial charge in [0.25, 0.3) is 0 Å². The van der Waals surface area contributed by atoms with E-state index in [0.717, 1.165) is 11.1 Å². The highest BCUT2D eigenvalue weighted by Crippen LogP contribution is 2.44. The summed E-state index contributed by atoms with van der Waals surface area (Å²) in [6.45, 7) is 4.88. The van der Waals surface area contributed by atoms with Gasteiger partial charge in [0.15, 0.2) is 0 Å². The van der Waals surface area contributed by atoms with Crippen molar-refractivity contribution in [3.8, 4) is 11.1 Å². The molecule has 0 aromatic heterocycles. The summed E-state index contributed by atoms with van der Waals surface area (Å²) in [5.41, 5.74) is 4.62. The summed E-state index contributed by atoms with van der Waals surface area (Å²) in [6.07, 6.45) is 0.837. The van der Waals surface area contributed by atoms with Crippen LogP contribution in [0.4, 0.5) is 4.79 Å². The van der Waals surface area contributed by atoms with Gasteiger partial charge in [0.05, 0.1) is 5.92 Å². The largest absolute Gasteiger partial charge is 0.481 e. The van der Waals surface area contributed by atoms with Crippen LogP contribution in [0.1, 0.15) is 50.2 Å². The Bertz CT molecular complexity index is 1020. The molecule has 0 unspecified atom stereocenters. The van der Waals surface area contributed by atoms with E-state index in [1.165, 1.54) is 11.1 Å². The molecule has 2 aromatic carbocycles. The summed E-state index contributed by atoms with van der Waals surface area (Å²) in [5.74, 6) is -1.54. The summed E-state index contributed by atoms with van der Waals surface area (Å²) in [7, 11) is 0. The third-order valence-corrected chi connectivity index (χ3v) is 6.97. The number of ether oxygens (including phenoxy) is 1. The van der Waals surface area contributed by atoms with E-state index < -0.39 is 24.0 Å². The average molecular weight is 465 g/mol. The molecular weight excluding hydrogens is 432 g/mol. The monoisotopic (exact) mass is 464 g/mol. The zero-order valence-electron chi connectivity index (χ0n) is 19.7. The van der Waals surface area contributed by atoms with Crippen LogP contribution in [-0.4, -0.2) is 53.7 Å². The number of alkyl carbamates (subject to hydrolysis) is 1. The lowest BCUT2D eigenvalue weighted by atomic mass is 9.96. The molecule has 1 fully saturated rings. The second kappa shape index (κ2) is 10.3. The van der Waals surface area contributed by atoms with Crippen LogP contribution in [0.3, 0.4) is 0 Å². The smallest absolute Gasteiger partial charge is 0.407 e. The Balaban J connectivity index is 1.36. The highest BCUT2D eigenvalue weighted by Gasteiger charge is 2.32. The first-order chi connectivity index (χ1) is 16.3. The molecule has 1 saturated heterocycles. The van der Waals surface area contributed by atoms with Crippen molar-refractivity contribution in [3.63, 3.8) is 0 Å². The number of hydrogen-bond acceptors (Lipinski definition) is 4. The Morgan fingerprint density at radius 3 is 2.26 bits per heavy atom. The van der Waals surface area contributed by atoms with Gasteiger partial charge >= 0.3 is 12.1 Å². The molecule has 4 rings (SSSR count). The molecule has 0 saturated carbocycles. The number of rotatable bonds is 7. The molecular formula is C27H32N2O5. The van der Waals surface area contributed by atoms with Gasteiger partial charge in [-0.3, -0.25) is 9.59 Å². The SMILES string of the molecule is CC(C)[C@H](CC(=O)N1CCC[C@H](C(=O)O)C1)NC(=O)OCC1c2ccccc2-c2ccccc21. The van der Waals surface area contributed by atoms with Crippen LogP contribution in [0.5, 0.6) is 0 Å². The van der Waals surface area contributed by atoms with Crippen molar-refractivity contribution in [1.82, 2.24) is 10.2 Å².